The zero-order chi connectivity index (χ0) is 20.8. The third kappa shape index (κ3) is 3.94. The molecule has 6 rings (SSSR count). The number of carbonyl (C=O) groups is 1. The maximum absolute atomic E-state index is 12.9. The molecule has 6 aliphatic rings. The Morgan fingerprint density at radius 3 is 2.47 bits per heavy atom. The maximum Gasteiger partial charge on any atom is 0.240 e. The fourth-order valence-electron chi connectivity index (χ4n) is 7.39. The number of rotatable bonds is 5. The van der Waals surface area contributed by atoms with Crippen molar-refractivity contribution in [3.63, 3.8) is 0 Å². The first-order valence-electron chi connectivity index (χ1n) is 11.7. The fourth-order valence-corrected chi connectivity index (χ4v) is 7.39. The summed E-state index contributed by atoms with van der Waals surface area (Å²) in [7, 11) is 0. The van der Waals surface area contributed by atoms with Gasteiger partial charge >= 0.3 is 0 Å². The number of amides is 1. The van der Waals surface area contributed by atoms with Crippen LogP contribution in [0.5, 0.6) is 0 Å². The van der Waals surface area contributed by atoms with Crippen LogP contribution in [0.1, 0.15) is 51.4 Å². The summed E-state index contributed by atoms with van der Waals surface area (Å²) in [5, 5.41) is 19.6. The van der Waals surface area contributed by atoms with E-state index < -0.39 is 5.54 Å². The zero-order valence-electron chi connectivity index (χ0n) is 17.9. The van der Waals surface area contributed by atoms with Gasteiger partial charge in [0.1, 0.15) is 0 Å². The van der Waals surface area contributed by atoms with E-state index in [4.69, 9.17) is 10.5 Å². The first-order chi connectivity index (χ1) is 14.4. The monoisotopic (exact) mass is 419 g/mol. The second-order valence-electron chi connectivity index (χ2n) is 11.0. The molecule has 8 nitrogen and oxygen atoms in total. The van der Waals surface area contributed by atoms with Crippen molar-refractivity contribution in [1.82, 2.24) is 16.0 Å². The van der Waals surface area contributed by atoms with Gasteiger partial charge in [-0.05, 0) is 74.0 Å². The van der Waals surface area contributed by atoms with E-state index in [0.717, 1.165) is 37.3 Å². The number of aliphatic hydroxyl groups is 1. The summed E-state index contributed by atoms with van der Waals surface area (Å²) in [4.78, 5) is 17.3. The van der Waals surface area contributed by atoms with Crippen molar-refractivity contribution in [2.75, 3.05) is 39.4 Å². The lowest BCUT2D eigenvalue weighted by molar-refractivity contribution is -0.134. The van der Waals surface area contributed by atoms with E-state index in [1.54, 1.807) is 0 Å². The van der Waals surface area contributed by atoms with Crippen LogP contribution < -0.4 is 21.7 Å². The average Bonchev–Trinajstić information content (AvgIpc) is 2.71. The average molecular weight is 420 g/mol. The summed E-state index contributed by atoms with van der Waals surface area (Å²) in [6, 6.07) is 0. The van der Waals surface area contributed by atoms with Crippen molar-refractivity contribution >= 4 is 11.9 Å². The molecule has 4 aliphatic carbocycles. The smallest absolute Gasteiger partial charge is 0.240 e. The minimum atomic E-state index is -0.769. The Kier molecular flexibility index (Phi) is 5.22. The third-order valence-corrected chi connectivity index (χ3v) is 8.36. The van der Waals surface area contributed by atoms with E-state index >= 15 is 0 Å². The summed E-state index contributed by atoms with van der Waals surface area (Å²) in [6.07, 6.45) is 8.36. The van der Waals surface area contributed by atoms with Gasteiger partial charge in [0.25, 0.3) is 0 Å². The zero-order valence-corrected chi connectivity index (χ0v) is 17.9. The van der Waals surface area contributed by atoms with E-state index in [2.05, 4.69) is 20.9 Å². The van der Waals surface area contributed by atoms with Crippen LogP contribution in [0.15, 0.2) is 4.99 Å². The number of carbonyl (C=O) groups excluding carboxylic acids is 1. The van der Waals surface area contributed by atoms with Crippen molar-refractivity contribution in [2.45, 2.75) is 63.0 Å². The minimum Gasteiger partial charge on any atom is -0.389 e. The van der Waals surface area contributed by atoms with Crippen molar-refractivity contribution in [2.24, 2.45) is 33.4 Å². The maximum atomic E-state index is 12.9. The summed E-state index contributed by atoms with van der Waals surface area (Å²) in [5.74, 6) is 2.36. The molecule has 30 heavy (non-hydrogen) atoms. The number of aliphatic hydroxyl groups excluding tert-OH is 1. The number of nitrogens with one attached hydrogen (secondary N) is 3. The number of β-amino-alcohol motifs (C(OH)–C–C–N with tert-alkyl or cyclic N) is 1. The predicted octanol–water partition coefficient (Wildman–Crippen LogP) is 0.107. The highest BCUT2D eigenvalue weighted by molar-refractivity contribution is 5.86. The highest BCUT2D eigenvalue weighted by Gasteiger charge is 2.57. The van der Waals surface area contributed by atoms with Gasteiger partial charge in [-0.25, -0.2) is 0 Å². The molecule has 5 fully saturated rings. The molecule has 8 heteroatoms. The molecule has 0 aromatic heterocycles. The van der Waals surface area contributed by atoms with Gasteiger partial charge in [-0.1, -0.05) is 0 Å². The van der Waals surface area contributed by atoms with Crippen LogP contribution in [-0.2, 0) is 9.53 Å². The number of guanidine groups is 1. The lowest BCUT2D eigenvalue weighted by Crippen LogP contribution is -2.62. The van der Waals surface area contributed by atoms with E-state index in [0.29, 0.717) is 39.1 Å². The fraction of sp³-hybridized carbons (Fsp3) is 0.909. The Balaban J connectivity index is 1.23. The molecule has 0 aromatic carbocycles. The van der Waals surface area contributed by atoms with E-state index in [1.165, 1.54) is 32.1 Å². The highest BCUT2D eigenvalue weighted by atomic mass is 16.5. The van der Waals surface area contributed by atoms with Crippen LogP contribution in [0, 0.1) is 22.7 Å². The first-order valence-corrected chi connectivity index (χ1v) is 11.7. The van der Waals surface area contributed by atoms with E-state index in [-0.39, 0.29) is 22.8 Å². The van der Waals surface area contributed by atoms with Gasteiger partial charge in [-0.3, -0.25) is 9.79 Å². The van der Waals surface area contributed by atoms with E-state index in [9.17, 15) is 9.90 Å². The predicted molar refractivity (Wildman–Crippen MR) is 114 cm³/mol. The van der Waals surface area contributed by atoms with Crippen molar-refractivity contribution < 1.29 is 14.6 Å². The Hall–Kier alpha value is -1.38. The number of ether oxygens (including phenoxy) is 1. The summed E-state index contributed by atoms with van der Waals surface area (Å²) in [6.45, 7) is 3.86. The molecule has 4 bridgehead atoms. The van der Waals surface area contributed by atoms with Gasteiger partial charge in [0.05, 0.1) is 18.2 Å². The molecule has 6 N–H and O–H groups in total. The molecule has 2 heterocycles. The van der Waals surface area contributed by atoms with Crippen LogP contribution in [-0.4, -0.2) is 68.0 Å². The van der Waals surface area contributed by atoms with Crippen molar-refractivity contribution in [1.29, 1.82) is 0 Å². The number of nitrogens with two attached hydrogens (primary N) is 1. The second kappa shape index (κ2) is 7.64. The molecule has 3 unspecified atom stereocenters. The minimum absolute atomic E-state index is 0.00744. The third-order valence-electron chi connectivity index (χ3n) is 8.36. The normalized spacial score (nSPS) is 41.7. The van der Waals surface area contributed by atoms with Crippen LogP contribution in [0.4, 0.5) is 0 Å². The number of aliphatic imine (C=N–C) groups is 1. The quantitative estimate of drug-likeness (QED) is 0.431. The molecule has 4 saturated carbocycles. The molecule has 168 valence electrons. The van der Waals surface area contributed by atoms with Gasteiger partial charge in [0.2, 0.25) is 5.91 Å². The van der Waals surface area contributed by atoms with Crippen LogP contribution in [0.3, 0.4) is 0 Å². The summed E-state index contributed by atoms with van der Waals surface area (Å²) >= 11 is 0. The molecular formula is C22H37N5O3. The first kappa shape index (κ1) is 20.5. The van der Waals surface area contributed by atoms with Gasteiger partial charge in [-0.15, -0.1) is 0 Å². The van der Waals surface area contributed by atoms with Gasteiger partial charge in [-0.2, -0.15) is 0 Å². The molecule has 0 spiro atoms. The molecular weight excluding hydrogens is 382 g/mol. The van der Waals surface area contributed by atoms with Gasteiger partial charge in [0.15, 0.2) is 5.96 Å². The molecule has 1 amide bonds. The van der Waals surface area contributed by atoms with E-state index in [1.807, 2.05) is 0 Å². The standard InChI is InChI=1S/C22H37N5O3/c23-22(1-3-30-4-2-22)18(29)26-13-20-6-15-5-16(7-20)9-21(8-15,12-20)14-27-19-24-10-17(28)11-25-19/h15-17,28H,1-14,23H2,(H,26,29)(H2,24,25,27). The summed E-state index contributed by atoms with van der Waals surface area (Å²) in [5.41, 5.74) is 6.13. The Labute approximate surface area is 178 Å². The highest BCUT2D eigenvalue weighted by Crippen LogP contribution is 2.64. The SMILES string of the molecule is NC1(C(=O)NCC23CC4CC(C2)CC(CNC2=NCC(O)CN2)(C4)C3)CCOCC1. The summed E-state index contributed by atoms with van der Waals surface area (Å²) < 4.78 is 5.39. The Morgan fingerprint density at radius 1 is 1.17 bits per heavy atom. The molecule has 0 aromatic rings. The largest absolute Gasteiger partial charge is 0.389 e. The second-order valence-corrected chi connectivity index (χ2v) is 11.0. The Bertz CT molecular complexity index is 691. The molecule has 1 saturated heterocycles. The number of hydrogen-bond acceptors (Lipinski definition) is 7. The topological polar surface area (TPSA) is 121 Å². The lowest BCUT2D eigenvalue weighted by Gasteiger charge is -2.62. The van der Waals surface area contributed by atoms with Crippen LogP contribution in [0.25, 0.3) is 0 Å². The van der Waals surface area contributed by atoms with Crippen molar-refractivity contribution in [3.8, 4) is 0 Å². The molecule has 3 atom stereocenters. The van der Waals surface area contributed by atoms with Gasteiger partial charge < -0.3 is 31.5 Å². The molecule has 2 aliphatic heterocycles. The van der Waals surface area contributed by atoms with Crippen LogP contribution in [0.2, 0.25) is 0 Å². The van der Waals surface area contributed by atoms with Crippen LogP contribution >= 0.6 is 0 Å². The molecule has 0 radical (unpaired) electrons. The lowest BCUT2D eigenvalue weighted by atomic mass is 9.44. The number of hydrogen-bond donors (Lipinski definition) is 5. The Morgan fingerprint density at radius 2 is 1.83 bits per heavy atom. The van der Waals surface area contributed by atoms with Gasteiger partial charge in [0, 0.05) is 32.8 Å². The van der Waals surface area contributed by atoms with Crippen molar-refractivity contribution in [3.05, 3.63) is 0 Å². The number of nitrogens with zero attached hydrogens (tertiary/aromatic N) is 1.